The van der Waals surface area contributed by atoms with Crippen LogP contribution in [-0.2, 0) is 0 Å². The van der Waals surface area contributed by atoms with Crippen LogP contribution in [-0.4, -0.2) is 35.2 Å². The first-order valence-electron chi connectivity index (χ1n) is 7.87. The number of aryl methyl sites for hydroxylation is 1. The molecule has 4 heterocycles. The second-order valence-corrected chi connectivity index (χ2v) is 6.53. The highest BCUT2D eigenvalue weighted by Crippen LogP contribution is 2.28. The second kappa shape index (κ2) is 7.66. The number of thioether (sulfide) groups is 1. The maximum atomic E-state index is 4.64. The van der Waals surface area contributed by atoms with E-state index in [1.165, 1.54) is 11.5 Å². The number of aromatic amines is 1. The molecule has 0 aliphatic carbocycles. The van der Waals surface area contributed by atoms with Crippen molar-refractivity contribution < 1.29 is 0 Å². The molecule has 25 heavy (non-hydrogen) atoms. The van der Waals surface area contributed by atoms with Crippen molar-refractivity contribution >= 4 is 39.8 Å². The van der Waals surface area contributed by atoms with E-state index < -0.39 is 0 Å². The lowest BCUT2D eigenvalue weighted by Crippen LogP contribution is -1.99. The number of H-pyrrole nitrogens is 1. The lowest BCUT2D eigenvalue weighted by atomic mass is 10.3. The quantitative estimate of drug-likeness (QED) is 0.517. The van der Waals surface area contributed by atoms with Gasteiger partial charge < -0.3 is 5.32 Å². The first-order chi connectivity index (χ1) is 12.2. The summed E-state index contributed by atoms with van der Waals surface area (Å²) in [6, 6.07) is 3.91. The smallest absolute Gasteiger partial charge is 0.181 e. The Morgan fingerprint density at radius 3 is 2.80 bits per heavy atom. The van der Waals surface area contributed by atoms with E-state index in [1.54, 1.807) is 18.0 Å². The zero-order valence-electron chi connectivity index (χ0n) is 14.4. The minimum Gasteiger partial charge on any atom is -0.328 e. The molecule has 0 saturated carbocycles. The Labute approximate surface area is 154 Å². The van der Waals surface area contributed by atoms with E-state index in [4.69, 9.17) is 0 Å². The fraction of sp³-hybridized carbons (Fsp3) is 0.250. The van der Waals surface area contributed by atoms with E-state index in [1.807, 2.05) is 56.0 Å². The first kappa shape index (κ1) is 17.4. The Morgan fingerprint density at radius 2 is 2.16 bits per heavy atom. The van der Waals surface area contributed by atoms with Crippen molar-refractivity contribution in [3.05, 3.63) is 36.4 Å². The molecular formula is C16H19N7S2. The summed E-state index contributed by atoms with van der Waals surface area (Å²) in [5.74, 6) is 0.714. The zero-order chi connectivity index (χ0) is 17.8. The average molecular weight is 374 g/mol. The highest BCUT2D eigenvalue weighted by atomic mass is 32.2. The third kappa shape index (κ3) is 3.52. The van der Waals surface area contributed by atoms with E-state index in [9.17, 15) is 0 Å². The molecule has 7 nitrogen and oxygen atoms in total. The summed E-state index contributed by atoms with van der Waals surface area (Å²) in [4.78, 5) is 9.16. The van der Waals surface area contributed by atoms with E-state index in [0.29, 0.717) is 5.82 Å². The minimum absolute atomic E-state index is 0.714. The summed E-state index contributed by atoms with van der Waals surface area (Å²) < 4.78 is 6.30. The maximum absolute atomic E-state index is 4.64. The predicted octanol–water partition coefficient (Wildman–Crippen LogP) is 4.38. The lowest BCUT2D eigenvalue weighted by Gasteiger charge is -2.08. The number of nitrogens with one attached hydrogen (secondary N) is 2. The molecule has 0 aliphatic heterocycles. The number of anilines is 2. The summed E-state index contributed by atoms with van der Waals surface area (Å²) >= 11 is 2.99. The molecule has 9 heteroatoms. The van der Waals surface area contributed by atoms with Gasteiger partial charge in [-0.2, -0.15) is 9.47 Å². The monoisotopic (exact) mass is 373 g/mol. The van der Waals surface area contributed by atoms with Gasteiger partial charge in [0.2, 0.25) is 0 Å². The van der Waals surface area contributed by atoms with Crippen molar-refractivity contribution in [2.75, 3.05) is 11.6 Å². The number of rotatable bonds is 4. The Kier molecular flexibility index (Phi) is 5.34. The first-order valence-corrected chi connectivity index (χ1v) is 9.86. The Balaban J connectivity index is 0.000000880. The molecule has 0 bridgehead atoms. The third-order valence-electron chi connectivity index (χ3n) is 3.33. The van der Waals surface area contributed by atoms with Crippen LogP contribution in [0.5, 0.6) is 0 Å². The van der Waals surface area contributed by atoms with Crippen LogP contribution in [0.15, 0.2) is 35.7 Å². The minimum atomic E-state index is 0.714. The van der Waals surface area contributed by atoms with Gasteiger partial charge in [0, 0.05) is 12.4 Å². The zero-order valence-corrected chi connectivity index (χ0v) is 16.1. The van der Waals surface area contributed by atoms with Crippen molar-refractivity contribution in [2.24, 2.45) is 0 Å². The fourth-order valence-corrected chi connectivity index (χ4v) is 3.34. The van der Waals surface area contributed by atoms with Gasteiger partial charge in [0.05, 0.1) is 23.3 Å². The fourth-order valence-electron chi connectivity index (χ4n) is 2.29. The molecule has 0 spiro atoms. The summed E-state index contributed by atoms with van der Waals surface area (Å²) in [6.07, 6.45) is 7.52. The molecule has 0 fully saturated rings. The number of aromatic nitrogens is 6. The van der Waals surface area contributed by atoms with Crippen LogP contribution in [0.2, 0.25) is 0 Å². The van der Waals surface area contributed by atoms with Crippen molar-refractivity contribution in [3.8, 4) is 11.4 Å². The molecule has 4 rings (SSSR count). The van der Waals surface area contributed by atoms with Crippen molar-refractivity contribution in [1.82, 2.24) is 28.9 Å². The molecule has 0 aromatic carbocycles. The topological polar surface area (TPSA) is 83.8 Å². The highest BCUT2D eigenvalue weighted by molar-refractivity contribution is 7.98. The number of hydrogen-bond donors (Lipinski definition) is 2. The molecule has 0 unspecified atom stereocenters. The van der Waals surface area contributed by atoms with Crippen LogP contribution in [0, 0.1) is 6.92 Å². The summed E-state index contributed by atoms with van der Waals surface area (Å²) in [5, 5.41) is 12.2. The molecule has 0 atom stereocenters. The Morgan fingerprint density at radius 1 is 1.32 bits per heavy atom. The van der Waals surface area contributed by atoms with Gasteiger partial charge in [-0.1, -0.05) is 13.8 Å². The number of nitrogens with zero attached hydrogens (tertiary/aromatic N) is 5. The summed E-state index contributed by atoms with van der Waals surface area (Å²) in [7, 11) is 0. The summed E-state index contributed by atoms with van der Waals surface area (Å²) in [6.45, 7) is 5.97. The SMILES string of the molecule is CC.CSc1cn2c(-c3ccn[nH]3)cnc2c(Nc2cc(C)ns2)n1. The third-order valence-corrected chi connectivity index (χ3v) is 4.74. The molecular weight excluding hydrogens is 354 g/mol. The van der Waals surface area contributed by atoms with Gasteiger partial charge in [-0.15, -0.1) is 11.8 Å². The molecule has 2 N–H and O–H groups in total. The van der Waals surface area contributed by atoms with Crippen LogP contribution >= 0.6 is 23.3 Å². The van der Waals surface area contributed by atoms with Gasteiger partial charge >= 0.3 is 0 Å². The van der Waals surface area contributed by atoms with Gasteiger partial charge in [-0.05, 0) is 36.8 Å². The van der Waals surface area contributed by atoms with Gasteiger partial charge in [-0.25, -0.2) is 9.97 Å². The van der Waals surface area contributed by atoms with E-state index in [0.717, 1.165) is 32.8 Å². The van der Waals surface area contributed by atoms with Gasteiger partial charge in [-0.3, -0.25) is 9.50 Å². The lowest BCUT2D eigenvalue weighted by molar-refractivity contribution is 1.02. The Bertz CT molecular complexity index is 956. The van der Waals surface area contributed by atoms with Crippen LogP contribution in [0.25, 0.3) is 17.0 Å². The molecule has 0 saturated heterocycles. The molecule has 0 aliphatic rings. The van der Waals surface area contributed by atoms with Gasteiger partial charge in [0.25, 0.3) is 0 Å². The number of fused-ring (bicyclic) bond motifs is 1. The standard InChI is InChI=1S/C14H13N7S2.C2H6/c1-8-5-11(23-20-8)17-13-14-15-6-10(9-3-4-16-19-9)21(14)7-12(18-13)22-2;1-2/h3-7H,1-2H3,(H,16,19)(H,17,18);1-2H3. The maximum Gasteiger partial charge on any atom is 0.181 e. The largest absolute Gasteiger partial charge is 0.328 e. The molecule has 0 amide bonds. The highest BCUT2D eigenvalue weighted by Gasteiger charge is 2.14. The van der Waals surface area contributed by atoms with E-state index in [2.05, 4.69) is 29.9 Å². The number of hydrogen-bond acceptors (Lipinski definition) is 7. The molecule has 130 valence electrons. The predicted molar refractivity (Wildman–Crippen MR) is 104 cm³/mol. The van der Waals surface area contributed by atoms with E-state index in [-0.39, 0.29) is 0 Å². The summed E-state index contributed by atoms with van der Waals surface area (Å²) in [5.41, 5.74) is 3.60. The molecule has 4 aromatic rings. The van der Waals surface area contributed by atoms with Crippen LogP contribution in [0.3, 0.4) is 0 Å². The molecule has 0 radical (unpaired) electrons. The number of imidazole rings is 1. The normalized spacial score (nSPS) is 10.6. The van der Waals surface area contributed by atoms with Gasteiger partial charge in [0.15, 0.2) is 11.5 Å². The average Bonchev–Trinajstić information content (AvgIpc) is 3.37. The van der Waals surface area contributed by atoms with Crippen molar-refractivity contribution in [2.45, 2.75) is 25.8 Å². The van der Waals surface area contributed by atoms with Crippen molar-refractivity contribution in [1.29, 1.82) is 0 Å². The van der Waals surface area contributed by atoms with Crippen LogP contribution < -0.4 is 5.32 Å². The van der Waals surface area contributed by atoms with Gasteiger partial charge in [0.1, 0.15) is 10.0 Å². The van der Waals surface area contributed by atoms with Crippen molar-refractivity contribution in [3.63, 3.8) is 0 Å². The van der Waals surface area contributed by atoms with Crippen LogP contribution in [0.4, 0.5) is 10.8 Å². The van der Waals surface area contributed by atoms with E-state index >= 15 is 0 Å². The van der Waals surface area contributed by atoms with Crippen LogP contribution in [0.1, 0.15) is 19.5 Å². The Hall–Kier alpha value is -2.39. The second-order valence-electron chi connectivity index (χ2n) is 4.90. The molecule has 4 aromatic heterocycles.